The molecule has 0 aliphatic heterocycles. The summed E-state index contributed by atoms with van der Waals surface area (Å²) in [6.07, 6.45) is -4.46. The summed E-state index contributed by atoms with van der Waals surface area (Å²) in [4.78, 5) is 11.5. The zero-order chi connectivity index (χ0) is 18.6. The lowest BCUT2D eigenvalue weighted by atomic mass is 10.00. The molecular weight excluding hydrogens is 333 g/mol. The minimum atomic E-state index is -4.50. The first-order valence-corrected chi connectivity index (χ1v) is 7.67. The molecule has 3 nitrogen and oxygen atoms in total. The Morgan fingerprint density at radius 1 is 1.12 bits per heavy atom. The molecule has 134 valence electrons. The molecule has 0 N–H and O–H groups in total. The maximum absolute atomic E-state index is 13.2. The summed E-state index contributed by atoms with van der Waals surface area (Å²) in [7, 11) is 1.29. The fourth-order valence-electron chi connectivity index (χ4n) is 2.50. The molecule has 0 amide bonds. The van der Waals surface area contributed by atoms with Gasteiger partial charge in [-0.15, -0.1) is 0 Å². The summed E-state index contributed by atoms with van der Waals surface area (Å²) in [6.45, 7) is 3.35. The summed E-state index contributed by atoms with van der Waals surface area (Å²) in [5.74, 6) is -0.650. The van der Waals surface area contributed by atoms with Gasteiger partial charge >= 0.3 is 12.1 Å². The summed E-state index contributed by atoms with van der Waals surface area (Å²) >= 11 is 0. The van der Waals surface area contributed by atoms with Crippen LogP contribution in [0.4, 0.5) is 13.2 Å². The van der Waals surface area contributed by atoms with Crippen LogP contribution in [0, 0.1) is 13.8 Å². The highest BCUT2D eigenvalue weighted by molar-refractivity contribution is 5.73. The van der Waals surface area contributed by atoms with E-state index in [9.17, 15) is 18.0 Å². The summed E-state index contributed by atoms with van der Waals surface area (Å²) in [6, 6.07) is 9.28. The minimum Gasteiger partial charge on any atom is -0.488 e. The number of ether oxygens (including phenoxy) is 2. The molecule has 2 rings (SSSR count). The van der Waals surface area contributed by atoms with Crippen LogP contribution in [0.25, 0.3) is 0 Å². The zero-order valence-corrected chi connectivity index (χ0v) is 14.2. The van der Waals surface area contributed by atoms with Gasteiger partial charge in [0.1, 0.15) is 12.4 Å². The Hall–Kier alpha value is -2.50. The second kappa shape index (κ2) is 7.59. The van der Waals surface area contributed by atoms with Crippen LogP contribution in [-0.2, 0) is 28.7 Å². The molecule has 6 heteroatoms. The van der Waals surface area contributed by atoms with E-state index in [1.54, 1.807) is 25.1 Å². The van der Waals surface area contributed by atoms with Crippen LogP contribution in [0.15, 0.2) is 36.4 Å². The van der Waals surface area contributed by atoms with E-state index in [1.165, 1.54) is 13.2 Å². The van der Waals surface area contributed by atoms with E-state index in [4.69, 9.17) is 4.74 Å². The number of esters is 1. The van der Waals surface area contributed by atoms with E-state index in [1.807, 2.05) is 13.0 Å². The third-order valence-electron chi connectivity index (χ3n) is 3.88. The highest BCUT2D eigenvalue weighted by atomic mass is 19.4. The third-order valence-corrected chi connectivity index (χ3v) is 3.88. The molecule has 0 unspecified atom stereocenters. The monoisotopic (exact) mass is 352 g/mol. The number of rotatable bonds is 5. The van der Waals surface area contributed by atoms with Crippen molar-refractivity contribution < 1.29 is 27.4 Å². The Morgan fingerprint density at radius 2 is 1.84 bits per heavy atom. The maximum atomic E-state index is 13.2. The van der Waals surface area contributed by atoms with Gasteiger partial charge in [0.2, 0.25) is 0 Å². The van der Waals surface area contributed by atoms with Crippen LogP contribution >= 0.6 is 0 Å². The molecule has 0 heterocycles. The van der Waals surface area contributed by atoms with Gasteiger partial charge in [0.25, 0.3) is 0 Å². The smallest absolute Gasteiger partial charge is 0.419 e. The van der Waals surface area contributed by atoms with Gasteiger partial charge in [-0.1, -0.05) is 29.8 Å². The largest absolute Gasteiger partial charge is 0.488 e. The number of aryl methyl sites for hydroxylation is 2. The van der Waals surface area contributed by atoms with E-state index in [2.05, 4.69) is 4.74 Å². The standard InChI is InChI=1S/C19H19F3O3/c1-12-7-8-17(16(9-12)19(20,21)22)25-11-15-13(2)5-4-6-14(15)10-18(23)24-3/h4-9H,10-11H2,1-3H3. The van der Waals surface area contributed by atoms with E-state index in [-0.39, 0.29) is 18.8 Å². The van der Waals surface area contributed by atoms with Crippen LogP contribution in [0.3, 0.4) is 0 Å². The zero-order valence-electron chi connectivity index (χ0n) is 14.2. The lowest BCUT2D eigenvalue weighted by Crippen LogP contribution is -2.12. The fraction of sp³-hybridized carbons (Fsp3) is 0.316. The van der Waals surface area contributed by atoms with Crippen molar-refractivity contribution in [3.8, 4) is 5.75 Å². The normalized spacial score (nSPS) is 11.3. The molecule has 2 aromatic rings. The maximum Gasteiger partial charge on any atom is 0.419 e. The van der Waals surface area contributed by atoms with Crippen molar-refractivity contribution >= 4 is 5.97 Å². The first-order chi connectivity index (χ1) is 11.7. The van der Waals surface area contributed by atoms with Gasteiger partial charge in [-0.2, -0.15) is 13.2 Å². The Labute approximate surface area is 144 Å². The lowest BCUT2D eigenvalue weighted by Gasteiger charge is -2.17. The average Bonchev–Trinajstić information content (AvgIpc) is 2.54. The average molecular weight is 352 g/mol. The van der Waals surface area contributed by atoms with Gasteiger partial charge in [0, 0.05) is 0 Å². The lowest BCUT2D eigenvalue weighted by molar-refractivity contribution is -0.140. The molecule has 0 saturated carbocycles. The van der Waals surface area contributed by atoms with Crippen molar-refractivity contribution in [2.75, 3.05) is 7.11 Å². The third kappa shape index (κ3) is 4.75. The van der Waals surface area contributed by atoms with Crippen molar-refractivity contribution in [1.82, 2.24) is 0 Å². The van der Waals surface area contributed by atoms with Crippen molar-refractivity contribution in [3.63, 3.8) is 0 Å². The van der Waals surface area contributed by atoms with Crippen LogP contribution in [0.5, 0.6) is 5.75 Å². The Bertz CT molecular complexity index is 767. The van der Waals surface area contributed by atoms with Gasteiger partial charge in [-0.25, -0.2) is 0 Å². The van der Waals surface area contributed by atoms with Crippen molar-refractivity contribution in [3.05, 3.63) is 64.2 Å². The first kappa shape index (κ1) is 18.8. The van der Waals surface area contributed by atoms with Crippen LogP contribution < -0.4 is 4.74 Å². The molecule has 0 bridgehead atoms. The molecule has 25 heavy (non-hydrogen) atoms. The number of alkyl halides is 3. The van der Waals surface area contributed by atoms with Crippen molar-refractivity contribution in [2.45, 2.75) is 33.1 Å². The van der Waals surface area contributed by atoms with Crippen molar-refractivity contribution in [1.29, 1.82) is 0 Å². The molecule has 0 saturated heterocycles. The highest BCUT2D eigenvalue weighted by Gasteiger charge is 2.34. The van der Waals surface area contributed by atoms with Gasteiger partial charge in [0.15, 0.2) is 0 Å². The number of halogens is 3. The van der Waals surface area contributed by atoms with E-state index < -0.39 is 17.7 Å². The fourth-order valence-corrected chi connectivity index (χ4v) is 2.50. The van der Waals surface area contributed by atoms with E-state index in [0.717, 1.165) is 11.6 Å². The Morgan fingerprint density at radius 3 is 2.48 bits per heavy atom. The van der Waals surface area contributed by atoms with Gasteiger partial charge < -0.3 is 9.47 Å². The molecule has 2 aromatic carbocycles. The topological polar surface area (TPSA) is 35.5 Å². The second-order valence-corrected chi connectivity index (χ2v) is 5.75. The van der Waals surface area contributed by atoms with Crippen molar-refractivity contribution in [2.24, 2.45) is 0 Å². The SMILES string of the molecule is COC(=O)Cc1cccc(C)c1COc1ccc(C)cc1C(F)(F)F. The summed E-state index contributed by atoms with van der Waals surface area (Å²) in [5.41, 5.74) is 1.88. The molecule has 0 aromatic heterocycles. The van der Waals surface area contributed by atoms with Crippen LogP contribution in [-0.4, -0.2) is 13.1 Å². The highest BCUT2D eigenvalue weighted by Crippen LogP contribution is 2.37. The predicted molar refractivity (Wildman–Crippen MR) is 87.4 cm³/mol. The Balaban J connectivity index is 2.29. The van der Waals surface area contributed by atoms with Gasteiger partial charge in [-0.05, 0) is 42.7 Å². The molecule has 0 aliphatic carbocycles. The number of carbonyl (C=O) groups is 1. The number of methoxy groups -OCH3 is 1. The van der Waals surface area contributed by atoms with Gasteiger partial charge in [-0.3, -0.25) is 4.79 Å². The predicted octanol–water partition coefficient (Wildman–Crippen LogP) is 4.62. The number of benzene rings is 2. The molecule has 0 atom stereocenters. The molecule has 0 spiro atoms. The molecular formula is C19H19F3O3. The summed E-state index contributed by atoms with van der Waals surface area (Å²) < 4.78 is 49.7. The number of hydrogen-bond acceptors (Lipinski definition) is 3. The van der Waals surface area contributed by atoms with Crippen LogP contribution in [0.2, 0.25) is 0 Å². The Kier molecular flexibility index (Phi) is 5.72. The minimum absolute atomic E-state index is 0.0386. The molecule has 0 radical (unpaired) electrons. The van der Waals surface area contributed by atoms with Crippen LogP contribution in [0.1, 0.15) is 27.8 Å². The van der Waals surface area contributed by atoms with E-state index in [0.29, 0.717) is 16.7 Å². The molecule has 0 fully saturated rings. The first-order valence-electron chi connectivity index (χ1n) is 7.67. The quantitative estimate of drug-likeness (QED) is 0.737. The molecule has 0 aliphatic rings. The number of hydrogen-bond donors (Lipinski definition) is 0. The summed E-state index contributed by atoms with van der Waals surface area (Å²) in [5, 5.41) is 0. The van der Waals surface area contributed by atoms with Gasteiger partial charge in [0.05, 0.1) is 19.1 Å². The van der Waals surface area contributed by atoms with E-state index >= 15 is 0 Å². The second-order valence-electron chi connectivity index (χ2n) is 5.75. The number of carbonyl (C=O) groups excluding carboxylic acids is 1.